The number of allylic oxidation sites excluding steroid dienone is 5. The first-order valence-corrected chi connectivity index (χ1v) is 9.85. The molecule has 5 atom stereocenters. The second-order valence-electron chi connectivity index (χ2n) is 7.03. The van der Waals surface area contributed by atoms with E-state index in [1.165, 1.54) is 0 Å². The standard InChI is InChI=1S/C22H34O5/c1-2-3-8-12-18-19(21(25)16-20(18)24)15-14-17(23)11-9-6-4-5-7-10-13-22(26)27/h3,5-9,14-15,17-21,23-25H,2,4,10-13,16H2,1H3,(H,26,27)/b7-5-,8-3-,9-6-,15-14+/t17-,18+,19+,20+,21-/m0/s1. The number of carboxylic acid groups (broad SMARTS) is 1. The van der Waals surface area contributed by atoms with Gasteiger partial charge in [0.05, 0.1) is 18.3 Å². The molecule has 0 heterocycles. The van der Waals surface area contributed by atoms with Crippen molar-refractivity contribution >= 4 is 5.97 Å². The molecule has 0 spiro atoms. The smallest absolute Gasteiger partial charge is 0.303 e. The fourth-order valence-corrected chi connectivity index (χ4v) is 3.29. The second kappa shape index (κ2) is 13.5. The molecule has 0 aromatic rings. The maximum atomic E-state index is 10.4. The SMILES string of the molecule is CC/C=C\C[C@@H]1[C@@H](/C=C/[C@@H](O)C/C=C\C/C=C\CCC(=O)O)[C@@H](O)C[C@H]1O. The molecule has 4 N–H and O–H groups in total. The summed E-state index contributed by atoms with van der Waals surface area (Å²) in [4.78, 5) is 10.4. The Morgan fingerprint density at radius 3 is 2.52 bits per heavy atom. The predicted octanol–water partition coefficient (Wildman–Crippen LogP) is 3.38. The molecule has 0 aromatic heterocycles. The number of hydrogen-bond acceptors (Lipinski definition) is 4. The van der Waals surface area contributed by atoms with Gasteiger partial charge in [-0.2, -0.15) is 0 Å². The van der Waals surface area contributed by atoms with Crippen LogP contribution in [0.5, 0.6) is 0 Å². The van der Waals surface area contributed by atoms with Crippen LogP contribution in [0.4, 0.5) is 0 Å². The Morgan fingerprint density at radius 1 is 1.07 bits per heavy atom. The number of aliphatic carboxylic acids is 1. The Labute approximate surface area is 162 Å². The largest absolute Gasteiger partial charge is 0.481 e. The van der Waals surface area contributed by atoms with Gasteiger partial charge < -0.3 is 20.4 Å². The Morgan fingerprint density at radius 2 is 1.81 bits per heavy atom. The summed E-state index contributed by atoms with van der Waals surface area (Å²) in [5, 5.41) is 38.9. The molecule has 5 heteroatoms. The number of hydrogen-bond donors (Lipinski definition) is 4. The summed E-state index contributed by atoms with van der Waals surface area (Å²) in [5.41, 5.74) is 0. The first kappa shape index (κ1) is 23.3. The third kappa shape index (κ3) is 9.70. The van der Waals surface area contributed by atoms with Gasteiger partial charge in [-0.3, -0.25) is 4.79 Å². The van der Waals surface area contributed by atoms with Gasteiger partial charge in [0.25, 0.3) is 0 Å². The van der Waals surface area contributed by atoms with Crippen molar-refractivity contribution in [1.29, 1.82) is 0 Å². The highest BCUT2D eigenvalue weighted by atomic mass is 16.4. The highest BCUT2D eigenvalue weighted by Gasteiger charge is 2.39. The molecule has 0 radical (unpaired) electrons. The lowest BCUT2D eigenvalue weighted by molar-refractivity contribution is -0.136. The molecule has 27 heavy (non-hydrogen) atoms. The van der Waals surface area contributed by atoms with E-state index in [2.05, 4.69) is 19.1 Å². The van der Waals surface area contributed by atoms with E-state index < -0.39 is 24.3 Å². The van der Waals surface area contributed by atoms with E-state index in [0.29, 0.717) is 25.7 Å². The number of carbonyl (C=O) groups is 1. The van der Waals surface area contributed by atoms with Crippen LogP contribution in [0.3, 0.4) is 0 Å². The molecule has 1 aliphatic carbocycles. The highest BCUT2D eigenvalue weighted by molar-refractivity contribution is 5.66. The minimum Gasteiger partial charge on any atom is -0.481 e. The topological polar surface area (TPSA) is 98.0 Å². The van der Waals surface area contributed by atoms with Gasteiger partial charge in [-0.15, -0.1) is 0 Å². The average molecular weight is 379 g/mol. The maximum absolute atomic E-state index is 10.4. The third-order valence-electron chi connectivity index (χ3n) is 4.79. The highest BCUT2D eigenvalue weighted by Crippen LogP contribution is 2.36. The quantitative estimate of drug-likeness (QED) is 0.390. The van der Waals surface area contributed by atoms with Crippen LogP contribution >= 0.6 is 0 Å². The molecule has 5 nitrogen and oxygen atoms in total. The van der Waals surface area contributed by atoms with Crippen LogP contribution in [0.1, 0.15) is 51.9 Å². The van der Waals surface area contributed by atoms with Gasteiger partial charge >= 0.3 is 5.97 Å². The summed E-state index contributed by atoms with van der Waals surface area (Å²) in [6.07, 6.45) is 17.4. The first-order chi connectivity index (χ1) is 13.0. The molecule has 152 valence electrons. The van der Waals surface area contributed by atoms with E-state index in [4.69, 9.17) is 5.11 Å². The molecule has 0 unspecified atom stereocenters. The van der Waals surface area contributed by atoms with Crippen molar-refractivity contribution < 1.29 is 25.2 Å². The van der Waals surface area contributed by atoms with Crippen molar-refractivity contribution in [2.75, 3.05) is 0 Å². The Balaban J connectivity index is 2.39. The van der Waals surface area contributed by atoms with Crippen LogP contribution in [0.15, 0.2) is 48.6 Å². The van der Waals surface area contributed by atoms with Crippen molar-refractivity contribution in [2.45, 2.75) is 70.2 Å². The molecule has 1 aliphatic rings. The summed E-state index contributed by atoms with van der Waals surface area (Å²) < 4.78 is 0. The van der Waals surface area contributed by atoms with Crippen LogP contribution in [0, 0.1) is 11.8 Å². The molecular formula is C22H34O5. The lowest BCUT2D eigenvalue weighted by Gasteiger charge is -2.19. The van der Waals surface area contributed by atoms with E-state index in [0.717, 1.165) is 12.8 Å². The molecule has 0 amide bonds. The van der Waals surface area contributed by atoms with Crippen molar-refractivity contribution in [1.82, 2.24) is 0 Å². The zero-order valence-electron chi connectivity index (χ0n) is 16.2. The third-order valence-corrected chi connectivity index (χ3v) is 4.79. The van der Waals surface area contributed by atoms with Crippen molar-refractivity contribution in [3.8, 4) is 0 Å². The Bertz CT molecular complexity index is 535. The van der Waals surface area contributed by atoms with Gasteiger partial charge in [-0.1, -0.05) is 55.5 Å². The summed E-state index contributed by atoms with van der Waals surface area (Å²) >= 11 is 0. The van der Waals surface area contributed by atoms with E-state index in [-0.39, 0.29) is 18.3 Å². The number of aliphatic hydroxyl groups excluding tert-OH is 3. The summed E-state index contributed by atoms with van der Waals surface area (Å²) in [6, 6.07) is 0. The molecule has 0 aliphatic heterocycles. The zero-order chi connectivity index (χ0) is 20.1. The average Bonchev–Trinajstić information content (AvgIpc) is 2.88. The van der Waals surface area contributed by atoms with Gasteiger partial charge in [-0.05, 0) is 38.0 Å². The molecule has 0 saturated heterocycles. The molecule has 0 aromatic carbocycles. The second-order valence-corrected chi connectivity index (χ2v) is 7.03. The maximum Gasteiger partial charge on any atom is 0.303 e. The predicted molar refractivity (Wildman–Crippen MR) is 107 cm³/mol. The number of rotatable bonds is 12. The van der Waals surface area contributed by atoms with Crippen LogP contribution < -0.4 is 0 Å². The summed E-state index contributed by atoms with van der Waals surface area (Å²) in [6.45, 7) is 2.06. The van der Waals surface area contributed by atoms with Gasteiger partial charge in [0.2, 0.25) is 0 Å². The lowest BCUT2D eigenvalue weighted by Crippen LogP contribution is -2.20. The van der Waals surface area contributed by atoms with Crippen LogP contribution in [-0.4, -0.2) is 44.7 Å². The van der Waals surface area contributed by atoms with E-state index >= 15 is 0 Å². The zero-order valence-corrected chi connectivity index (χ0v) is 16.2. The Kier molecular flexibility index (Phi) is 11.7. The molecule has 0 bridgehead atoms. The monoisotopic (exact) mass is 378 g/mol. The van der Waals surface area contributed by atoms with Gasteiger partial charge in [-0.25, -0.2) is 0 Å². The lowest BCUT2D eigenvalue weighted by atomic mass is 9.89. The molecule has 1 saturated carbocycles. The molecule has 1 rings (SSSR count). The van der Waals surface area contributed by atoms with Gasteiger partial charge in [0.15, 0.2) is 0 Å². The van der Waals surface area contributed by atoms with E-state index in [1.54, 1.807) is 6.08 Å². The fraction of sp³-hybridized carbons (Fsp3) is 0.591. The minimum atomic E-state index is -0.798. The normalized spacial score (nSPS) is 27.6. The van der Waals surface area contributed by atoms with E-state index in [9.17, 15) is 20.1 Å². The first-order valence-electron chi connectivity index (χ1n) is 9.85. The van der Waals surface area contributed by atoms with Crippen molar-refractivity contribution in [2.24, 2.45) is 11.8 Å². The van der Waals surface area contributed by atoms with Gasteiger partial charge in [0.1, 0.15) is 0 Å². The van der Waals surface area contributed by atoms with Crippen molar-refractivity contribution in [3.05, 3.63) is 48.6 Å². The Hall–Kier alpha value is -1.69. The fourth-order valence-electron chi connectivity index (χ4n) is 3.29. The minimum absolute atomic E-state index is 0.0160. The summed E-state index contributed by atoms with van der Waals surface area (Å²) in [7, 11) is 0. The molecular weight excluding hydrogens is 344 g/mol. The van der Waals surface area contributed by atoms with Crippen LogP contribution in [-0.2, 0) is 4.79 Å². The summed E-state index contributed by atoms with van der Waals surface area (Å²) in [5.74, 6) is -0.955. The van der Waals surface area contributed by atoms with Crippen molar-refractivity contribution in [3.63, 3.8) is 0 Å². The molecule has 1 fully saturated rings. The van der Waals surface area contributed by atoms with Gasteiger partial charge in [0, 0.05) is 18.8 Å². The number of aliphatic hydroxyl groups is 3. The van der Waals surface area contributed by atoms with Crippen LogP contribution in [0.25, 0.3) is 0 Å². The van der Waals surface area contributed by atoms with Crippen LogP contribution in [0.2, 0.25) is 0 Å². The number of carboxylic acids is 1. The van der Waals surface area contributed by atoms with E-state index in [1.807, 2.05) is 30.4 Å².